The van der Waals surface area contributed by atoms with Crippen molar-refractivity contribution in [1.29, 1.82) is 0 Å². The lowest BCUT2D eigenvalue weighted by atomic mass is 10.0. The molecular formula is C24H32BrN3O5S. The predicted octanol–water partition coefficient (Wildman–Crippen LogP) is 4.65. The van der Waals surface area contributed by atoms with E-state index in [2.05, 4.69) is 63.5 Å². The van der Waals surface area contributed by atoms with Crippen molar-refractivity contribution in [2.75, 3.05) is 32.1 Å². The summed E-state index contributed by atoms with van der Waals surface area (Å²) in [5.41, 5.74) is 4.87. The second-order valence-corrected chi connectivity index (χ2v) is 8.69. The Balaban J connectivity index is 0.000000546. The minimum atomic E-state index is -0.769. The number of rotatable bonds is 10. The summed E-state index contributed by atoms with van der Waals surface area (Å²) in [7, 11) is 2.00. The Morgan fingerprint density at radius 1 is 1.12 bits per heavy atom. The summed E-state index contributed by atoms with van der Waals surface area (Å²) in [4.78, 5) is 43.5. The maximum atomic E-state index is 11.7. The molecule has 0 aliphatic rings. The van der Waals surface area contributed by atoms with Gasteiger partial charge in [0.05, 0.1) is 35.6 Å². The smallest absolute Gasteiger partial charge is 0.375 e. The number of halogens is 1. The van der Waals surface area contributed by atoms with Crippen LogP contribution in [-0.2, 0) is 25.5 Å². The van der Waals surface area contributed by atoms with Gasteiger partial charge in [-0.3, -0.25) is 4.79 Å². The number of Topliss-reactive ketones (excluding diaryl/α,β-unsaturated/α-hetero) is 1. The van der Waals surface area contributed by atoms with E-state index in [9.17, 15) is 14.4 Å². The summed E-state index contributed by atoms with van der Waals surface area (Å²) in [5.74, 6) is -1.67. The van der Waals surface area contributed by atoms with E-state index in [0.717, 1.165) is 22.8 Å². The Hall–Kier alpha value is -2.59. The zero-order valence-electron chi connectivity index (χ0n) is 20.5. The number of nitrogens with zero attached hydrogens (tertiary/aromatic N) is 3. The van der Waals surface area contributed by atoms with Gasteiger partial charge in [0.25, 0.3) is 0 Å². The average molecular weight is 555 g/mol. The van der Waals surface area contributed by atoms with E-state index < -0.39 is 11.8 Å². The molecule has 2 aromatic rings. The highest BCUT2D eigenvalue weighted by Crippen LogP contribution is 2.26. The predicted molar refractivity (Wildman–Crippen MR) is 139 cm³/mol. The summed E-state index contributed by atoms with van der Waals surface area (Å²) >= 11 is 4.32. The largest absolute Gasteiger partial charge is 0.461 e. The van der Waals surface area contributed by atoms with Gasteiger partial charge in [-0.25, -0.2) is 19.6 Å². The van der Waals surface area contributed by atoms with Crippen LogP contribution in [0.4, 0.5) is 5.69 Å². The van der Waals surface area contributed by atoms with Gasteiger partial charge >= 0.3 is 11.9 Å². The van der Waals surface area contributed by atoms with Crippen molar-refractivity contribution in [1.82, 2.24) is 9.88 Å². The number of aryl methyl sites for hydroxylation is 2. The van der Waals surface area contributed by atoms with E-state index in [0.29, 0.717) is 18.7 Å². The first-order valence-electron chi connectivity index (χ1n) is 10.9. The van der Waals surface area contributed by atoms with Crippen molar-refractivity contribution < 1.29 is 23.9 Å². The zero-order chi connectivity index (χ0) is 25.7. The number of ether oxygens (including phenoxy) is 2. The number of aromatic nitrogens is 1. The van der Waals surface area contributed by atoms with Crippen LogP contribution < -0.4 is 0 Å². The van der Waals surface area contributed by atoms with Crippen LogP contribution in [0, 0.1) is 13.8 Å². The number of alkyl halides is 1. The minimum absolute atomic E-state index is 0.0336. The lowest BCUT2D eigenvalue weighted by molar-refractivity contribution is -0.152. The van der Waals surface area contributed by atoms with Gasteiger partial charge in [0.2, 0.25) is 5.78 Å². The number of hydrogen-bond acceptors (Lipinski definition) is 8. The van der Waals surface area contributed by atoms with E-state index in [4.69, 9.17) is 4.74 Å². The standard InChI is InChI=1S/C19H25N3O2S.C5H7BrO3/c1-6-22(5)12-20-16-9-13(3)15(8-14(16)4)10-18-21-17(11-25-18)19(23)24-7-2;1-2-9-5(8)4(7)3-6/h8-9,11-12H,6-7,10H2,1-5H3;2-3H2,1H3. The maximum absolute atomic E-state index is 11.7. The number of thiazole rings is 1. The number of carbonyl (C=O) groups is 3. The highest BCUT2D eigenvalue weighted by Gasteiger charge is 2.13. The lowest BCUT2D eigenvalue weighted by Crippen LogP contribution is -2.17. The van der Waals surface area contributed by atoms with Crippen LogP contribution in [0.5, 0.6) is 0 Å². The summed E-state index contributed by atoms with van der Waals surface area (Å²) < 4.78 is 9.37. The minimum Gasteiger partial charge on any atom is -0.461 e. The fourth-order valence-corrected chi connectivity index (χ4v) is 3.57. The van der Waals surface area contributed by atoms with Gasteiger partial charge in [-0.1, -0.05) is 22.0 Å². The van der Waals surface area contributed by atoms with Crippen LogP contribution in [0.15, 0.2) is 22.5 Å². The van der Waals surface area contributed by atoms with Crippen molar-refractivity contribution in [2.24, 2.45) is 4.99 Å². The molecule has 1 heterocycles. The first kappa shape index (κ1) is 29.4. The van der Waals surface area contributed by atoms with Gasteiger partial charge in [-0.15, -0.1) is 11.3 Å². The molecule has 0 fully saturated rings. The normalized spacial score (nSPS) is 10.4. The number of hydrogen-bond donors (Lipinski definition) is 0. The van der Waals surface area contributed by atoms with Gasteiger partial charge in [-0.2, -0.15) is 0 Å². The maximum Gasteiger partial charge on any atom is 0.375 e. The summed E-state index contributed by atoms with van der Waals surface area (Å²) in [6, 6.07) is 4.25. The summed E-state index contributed by atoms with van der Waals surface area (Å²) in [6.07, 6.45) is 2.56. The van der Waals surface area contributed by atoms with Crippen LogP contribution in [0.1, 0.15) is 53.0 Å². The number of benzene rings is 1. The van der Waals surface area contributed by atoms with E-state index in [1.54, 1.807) is 19.2 Å². The molecule has 2 rings (SSSR count). The van der Waals surface area contributed by atoms with Gasteiger partial charge in [0, 0.05) is 25.4 Å². The lowest BCUT2D eigenvalue weighted by Gasteiger charge is -2.11. The molecule has 10 heteroatoms. The third kappa shape index (κ3) is 9.72. The Kier molecular flexibility index (Phi) is 13.3. The summed E-state index contributed by atoms with van der Waals surface area (Å²) in [5, 5.41) is 2.70. The number of carbonyl (C=O) groups excluding carboxylic acids is 3. The van der Waals surface area contributed by atoms with Crippen LogP contribution in [0.25, 0.3) is 0 Å². The Bertz CT molecular complexity index is 1010. The molecule has 0 bridgehead atoms. The molecule has 0 atom stereocenters. The molecule has 0 spiro atoms. The van der Waals surface area contributed by atoms with E-state index in [1.165, 1.54) is 22.5 Å². The molecule has 0 aliphatic heterocycles. The molecule has 1 aromatic heterocycles. The molecule has 0 N–H and O–H groups in total. The van der Waals surface area contributed by atoms with Gasteiger partial charge in [-0.05, 0) is 57.4 Å². The van der Waals surface area contributed by atoms with Crippen LogP contribution in [-0.4, -0.2) is 66.1 Å². The monoisotopic (exact) mass is 553 g/mol. The number of aliphatic imine (C=N–C) groups is 1. The summed E-state index contributed by atoms with van der Waals surface area (Å²) in [6.45, 7) is 11.2. The molecule has 0 saturated carbocycles. The Morgan fingerprint density at radius 3 is 2.38 bits per heavy atom. The molecule has 0 radical (unpaired) electrons. The second kappa shape index (κ2) is 15.3. The topological polar surface area (TPSA) is 98.2 Å². The van der Waals surface area contributed by atoms with E-state index in [-0.39, 0.29) is 17.9 Å². The quantitative estimate of drug-likeness (QED) is 0.139. The molecular weight excluding hydrogens is 522 g/mol. The van der Waals surface area contributed by atoms with Gasteiger partial charge in [0.1, 0.15) is 0 Å². The van der Waals surface area contributed by atoms with Crippen molar-refractivity contribution in [3.8, 4) is 0 Å². The molecule has 34 heavy (non-hydrogen) atoms. The third-order valence-corrected chi connectivity index (χ3v) is 5.91. The first-order chi connectivity index (χ1) is 16.2. The van der Waals surface area contributed by atoms with Crippen molar-refractivity contribution in [2.45, 2.75) is 41.0 Å². The fraction of sp³-hybridized carbons (Fsp3) is 0.458. The van der Waals surface area contributed by atoms with Crippen molar-refractivity contribution >= 4 is 57.0 Å². The van der Waals surface area contributed by atoms with Gasteiger partial charge < -0.3 is 14.4 Å². The average Bonchev–Trinajstić information content (AvgIpc) is 3.29. The zero-order valence-corrected chi connectivity index (χ0v) is 22.9. The highest BCUT2D eigenvalue weighted by atomic mass is 79.9. The molecule has 0 aliphatic carbocycles. The molecule has 1 aromatic carbocycles. The SMILES string of the molecule is CCOC(=O)C(=O)CBr.CCOC(=O)c1csc(Cc2cc(C)c(N=CN(C)CC)cc2C)n1. The van der Waals surface area contributed by atoms with Crippen LogP contribution >= 0.6 is 27.3 Å². The molecule has 8 nitrogen and oxygen atoms in total. The molecule has 0 amide bonds. The number of esters is 2. The van der Waals surface area contributed by atoms with Crippen LogP contribution in [0.3, 0.4) is 0 Å². The number of ketones is 1. The van der Waals surface area contributed by atoms with Crippen LogP contribution in [0.2, 0.25) is 0 Å². The van der Waals surface area contributed by atoms with E-state index >= 15 is 0 Å². The molecule has 0 unspecified atom stereocenters. The second-order valence-electron chi connectivity index (χ2n) is 7.18. The molecule has 186 valence electrons. The third-order valence-electron chi connectivity index (χ3n) is 4.55. The fourth-order valence-electron chi connectivity index (χ4n) is 2.55. The van der Waals surface area contributed by atoms with E-state index in [1.807, 2.05) is 18.3 Å². The van der Waals surface area contributed by atoms with Crippen molar-refractivity contribution in [3.05, 3.63) is 44.9 Å². The van der Waals surface area contributed by atoms with Gasteiger partial charge in [0.15, 0.2) is 5.69 Å². The highest BCUT2D eigenvalue weighted by molar-refractivity contribution is 9.09. The molecule has 0 saturated heterocycles. The Labute approximate surface area is 213 Å². The Morgan fingerprint density at radius 2 is 1.79 bits per heavy atom. The van der Waals surface area contributed by atoms with Crippen molar-refractivity contribution in [3.63, 3.8) is 0 Å². The first-order valence-corrected chi connectivity index (χ1v) is 12.9.